The first-order valence-electron chi connectivity index (χ1n) is 7.54. The smallest absolute Gasteiger partial charge is 0.0423 e. The lowest BCUT2D eigenvalue weighted by Gasteiger charge is -2.25. The quantitative estimate of drug-likeness (QED) is 0.791. The van der Waals surface area contributed by atoms with E-state index in [2.05, 4.69) is 41.7 Å². The maximum atomic E-state index is 5.97. The molecule has 0 bridgehead atoms. The van der Waals surface area contributed by atoms with Crippen molar-refractivity contribution in [2.45, 2.75) is 38.1 Å². The number of nitrogen functional groups attached to an aromatic ring is 1. The molecule has 1 saturated carbocycles. The molecule has 0 unspecified atom stereocenters. The highest BCUT2D eigenvalue weighted by Gasteiger charge is 2.15. The highest BCUT2D eigenvalue weighted by Crippen LogP contribution is 2.32. The molecule has 0 aliphatic heterocycles. The van der Waals surface area contributed by atoms with Crippen molar-refractivity contribution in [2.24, 2.45) is 0 Å². The van der Waals surface area contributed by atoms with Crippen molar-refractivity contribution >= 4 is 11.4 Å². The molecule has 2 nitrogen and oxygen atoms in total. The van der Waals surface area contributed by atoms with Crippen LogP contribution in [0.25, 0.3) is 11.1 Å². The number of hydrogen-bond acceptors (Lipinski definition) is 2. The Balaban J connectivity index is 1.90. The second-order valence-corrected chi connectivity index (χ2v) is 5.65. The van der Waals surface area contributed by atoms with Crippen molar-refractivity contribution in [3.8, 4) is 11.1 Å². The van der Waals surface area contributed by atoms with E-state index in [9.17, 15) is 0 Å². The molecule has 1 aliphatic carbocycles. The van der Waals surface area contributed by atoms with Crippen molar-refractivity contribution in [1.29, 1.82) is 0 Å². The van der Waals surface area contributed by atoms with Crippen LogP contribution in [0.2, 0.25) is 0 Å². The van der Waals surface area contributed by atoms with Gasteiger partial charge < -0.3 is 11.1 Å². The number of benzene rings is 2. The van der Waals surface area contributed by atoms with Gasteiger partial charge in [0.05, 0.1) is 0 Å². The first-order chi connectivity index (χ1) is 9.83. The number of nitrogens with one attached hydrogen (secondary N) is 1. The van der Waals surface area contributed by atoms with E-state index in [-0.39, 0.29) is 0 Å². The van der Waals surface area contributed by atoms with Crippen molar-refractivity contribution in [3.63, 3.8) is 0 Å². The molecule has 1 aliphatic rings. The zero-order chi connectivity index (χ0) is 13.8. The summed E-state index contributed by atoms with van der Waals surface area (Å²) in [6.45, 7) is 0. The Morgan fingerprint density at radius 2 is 1.65 bits per heavy atom. The van der Waals surface area contributed by atoms with E-state index < -0.39 is 0 Å². The molecular weight excluding hydrogens is 244 g/mol. The van der Waals surface area contributed by atoms with Crippen LogP contribution in [0, 0.1) is 0 Å². The third kappa shape index (κ3) is 2.96. The Morgan fingerprint density at radius 3 is 2.40 bits per heavy atom. The third-order valence-corrected chi connectivity index (χ3v) is 4.09. The van der Waals surface area contributed by atoms with Gasteiger partial charge in [0, 0.05) is 23.0 Å². The Labute approximate surface area is 121 Å². The lowest BCUT2D eigenvalue weighted by Crippen LogP contribution is -2.22. The largest absolute Gasteiger partial charge is 0.399 e. The molecule has 3 N–H and O–H groups in total. The monoisotopic (exact) mass is 266 g/mol. The van der Waals surface area contributed by atoms with E-state index in [0.717, 1.165) is 5.69 Å². The zero-order valence-electron chi connectivity index (χ0n) is 11.8. The summed E-state index contributed by atoms with van der Waals surface area (Å²) in [6.07, 6.45) is 6.61. The first kappa shape index (κ1) is 13.0. The Hall–Kier alpha value is -1.96. The summed E-state index contributed by atoms with van der Waals surface area (Å²) in [7, 11) is 0. The summed E-state index contributed by atoms with van der Waals surface area (Å²) in [6, 6.07) is 17.2. The van der Waals surface area contributed by atoms with Crippen LogP contribution in [0.3, 0.4) is 0 Å². The number of hydrogen-bond donors (Lipinski definition) is 2. The lowest BCUT2D eigenvalue weighted by atomic mass is 9.94. The van der Waals surface area contributed by atoms with Gasteiger partial charge in [-0.15, -0.1) is 0 Å². The SMILES string of the molecule is Nc1ccc(NC2CCCCC2)c(-c2ccccc2)c1. The Morgan fingerprint density at radius 1 is 0.900 bits per heavy atom. The average molecular weight is 266 g/mol. The molecule has 104 valence electrons. The highest BCUT2D eigenvalue weighted by atomic mass is 14.9. The lowest BCUT2D eigenvalue weighted by molar-refractivity contribution is 0.463. The zero-order valence-corrected chi connectivity index (χ0v) is 11.8. The number of anilines is 2. The molecule has 0 spiro atoms. The summed E-state index contributed by atoms with van der Waals surface area (Å²) in [5.74, 6) is 0. The molecule has 0 atom stereocenters. The minimum atomic E-state index is 0.606. The molecule has 0 radical (unpaired) electrons. The fourth-order valence-electron chi connectivity index (χ4n) is 3.01. The molecule has 0 amide bonds. The Bertz CT molecular complexity index is 557. The number of nitrogens with two attached hydrogens (primary N) is 1. The molecule has 2 aromatic carbocycles. The highest BCUT2D eigenvalue weighted by molar-refractivity contribution is 5.80. The molecular formula is C18H22N2. The van der Waals surface area contributed by atoms with Gasteiger partial charge in [0.2, 0.25) is 0 Å². The van der Waals surface area contributed by atoms with Gasteiger partial charge in [-0.3, -0.25) is 0 Å². The fraction of sp³-hybridized carbons (Fsp3) is 0.333. The van der Waals surface area contributed by atoms with Gasteiger partial charge in [0.1, 0.15) is 0 Å². The molecule has 0 aromatic heterocycles. The summed E-state index contributed by atoms with van der Waals surface area (Å²) >= 11 is 0. The maximum absolute atomic E-state index is 5.97. The minimum Gasteiger partial charge on any atom is -0.399 e. The predicted molar refractivity (Wildman–Crippen MR) is 86.8 cm³/mol. The van der Waals surface area contributed by atoms with Crippen LogP contribution in [0.5, 0.6) is 0 Å². The summed E-state index contributed by atoms with van der Waals surface area (Å²) < 4.78 is 0. The van der Waals surface area contributed by atoms with E-state index in [1.165, 1.54) is 48.9 Å². The van der Waals surface area contributed by atoms with E-state index in [1.54, 1.807) is 0 Å². The second kappa shape index (κ2) is 6.00. The predicted octanol–water partition coefficient (Wildman–Crippen LogP) is 4.68. The van der Waals surface area contributed by atoms with E-state index in [1.807, 2.05) is 12.1 Å². The standard InChI is InChI=1S/C18H22N2/c19-15-11-12-18(20-16-9-5-2-6-10-16)17(13-15)14-7-3-1-4-8-14/h1,3-4,7-8,11-13,16,20H,2,5-6,9-10,19H2. The third-order valence-electron chi connectivity index (χ3n) is 4.09. The minimum absolute atomic E-state index is 0.606. The summed E-state index contributed by atoms with van der Waals surface area (Å²) in [5.41, 5.74) is 10.4. The van der Waals surface area contributed by atoms with Gasteiger partial charge in [-0.1, -0.05) is 49.6 Å². The van der Waals surface area contributed by atoms with Crippen LogP contribution < -0.4 is 11.1 Å². The van der Waals surface area contributed by atoms with Crippen LogP contribution in [0.1, 0.15) is 32.1 Å². The van der Waals surface area contributed by atoms with Gasteiger partial charge in [-0.25, -0.2) is 0 Å². The summed E-state index contributed by atoms with van der Waals surface area (Å²) in [4.78, 5) is 0. The van der Waals surface area contributed by atoms with Crippen molar-refractivity contribution in [1.82, 2.24) is 0 Å². The molecule has 2 heteroatoms. The van der Waals surface area contributed by atoms with Crippen LogP contribution >= 0.6 is 0 Å². The normalized spacial score (nSPS) is 16.0. The topological polar surface area (TPSA) is 38.0 Å². The molecule has 0 saturated heterocycles. The fourth-order valence-corrected chi connectivity index (χ4v) is 3.01. The average Bonchev–Trinajstić information content (AvgIpc) is 2.51. The van der Waals surface area contributed by atoms with Gasteiger partial charge in [-0.2, -0.15) is 0 Å². The molecule has 1 fully saturated rings. The van der Waals surface area contributed by atoms with Crippen molar-refractivity contribution in [3.05, 3.63) is 48.5 Å². The van der Waals surface area contributed by atoms with Gasteiger partial charge >= 0.3 is 0 Å². The van der Waals surface area contributed by atoms with E-state index in [0.29, 0.717) is 6.04 Å². The summed E-state index contributed by atoms with van der Waals surface area (Å²) in [5, 5.41) is 3.72. The van der Waals surface area contributed by atoms with Crippen LogP contribution in [-0.2, 0) is 0 Å². The molecule has 0 heterocycles. The number of rotatable bonds is 3. The second-order valence-electron chi connectivity index (χ2n) is 5.65. The van der Waals surface area contributed by atoms with Gasteiger partial charge in [0.25, 0.3) is 0 Å². The first-order valence-corrected chi connectivity index (χ1v) is 7.54. The Kier molecular flexibility index (Phi) is 3.91. The van der Waals surface area contributed by atoms with E-state index in [4.69, 9.17) is 5.73 Å². The van der Waals surface area contributed by atoms with Crippen molar-refractivity contribution in [2.75, 3.05) is 11.1 Å². The van der Waals surface area contributed by atoms with Crippen LogP contribution in [-0.4, -0.2) is 6.04 Å². The van der Waals surface area contributed by atoms with Gasteiger partial charge in [0.15, 0.2) is 0 Å². The molecule has 2 aromatic rings. The maximum Gasteiger partial charge on any atom is 0.0423 e. The van der Waals surface area contributed by atoms with Gasteiger partial charge in [-0.05, 0) is 36.6 Å². The van der Waals surface area contributed by atoms with Crippen LogP contribution in [0.15, 0.2) is 48.5 Å². The van der Waals surface area contributed by atoms with Crippen molar-refractivity contribution < 1.29 is 0 Å². The van der Waals surface area contributed by atoms with E-state index >= 15 is 0 Å². The molecule has 3 rings (SSSR count). The van der Waals surface area contributed by atoms with Crippen LogP contribution in [0.4, 0.5) is 11.4 Å². The molecule has 20 heavy (non-hydrogen) atoms.